The summed E-state index contributed by atoms with van der Waals surface area (Å²) in [5.74, 6) is 0.211. The Morgan fingerprint density at radius 2 is 1.68 bits per heavy atom. The van der Waals surface area contributed by atoms with E-state index in [1.807, 2.05) is 48.5 Å². The van der Waals surface area contributed by atoms with Crippen molar-refractivity contribution in [3.63, 3.8) is 0 Å². The first-order chi connectivity index (χ1) is 19.8. The van der Waals surface area contributed by atoms with Gasteiger partial charge in [-0.15, -0.1) is 0 Å². The fourth-order valence-electron chi connectivity index (χ4n) is 4.93. The van der Waals surface area contributed by atoms with Gasteiger partial charge >= 0.3 is 5.97 Å². The molecule has 0 amide bonds. The van der Waals surface area contributed by atoms with Gasteiger partial charge in [-0.25, -0.2) is 0 Å². The summed E-state index contributed by atoms with van der Waals surface area (Å²) in [6.07, 6.45) is -0.176. The second-order valence-corrected chi connectivity index (χ2v) is 10.7. The van der Waals surface area contributed by atoms with Crippen LogP contribution in [0.15, 0.2) is 84.8 Å². The maximum atomic E-state index is 12.8. The third-order valence-electron chi connectivity index (χ3n) is 7.20. The quantitative estimate of drug-likeness (QED) is 0.246. The van der Waals surface area contributed by atoms with E-state index < -0.39 is 23.1 Å². The van der Waals surface area contributed by atoms with Gasteiger partial charge in [0.25, 0.3) is 0 Å². The number of esters is 1. The SMILES string of the molecule is COC(=O)CC(c1ccc(-c2ccc(Br)cc2)o1)c1oc(CN2CCN(c3ccc(OC)cc3)CC2)cc(=O)c1O. The highest BCUT2D eigenvalue weighted by Crippen LogP contribution is 2.36. The Morgan fingerprint density at radius 3 is 2.34 bits per heavy atom. The lowest BCUT2D eigenvalue weighted by Gasteiger charge is -2.35. The number of furan rings is 1. The van der Waals surface area contributed by atoms with Gasteiger partial charge in [0.15, 0.2) is 5.76 Å². The van der Waals surface area contributed by atoms with Crippen LogP contribution < -0.4 is 15.1 Å². The highest BCUT2D eigenvalue weighted by atomic mass is 79.9. The number of carbonyl (C=O) groups is 1. The van der Waals surface area contributed by atoms with Crippen molar-refractivity contribution in [3.8, 4) is 22.8 Å². The highest BCUT2D eigenvalue weighted by molar-refractivity contribution is 9.10. The van der Waals surface area contributed by atoms with Crippen LogP contribution in [0.3, 0.4) is 0 Å². The van der Waals surface area contributed by atoms with Crippen molar-refractivity contribution >= 4 is 27.6 Å². The van der Waals surface area contributed by atoms with Crippen molar-refractivity contribution in [1.29, 1.82) is 0 Å². The predicted molar refractivity (Wildman–Crippen MR) is 157 cm³/mol. The van der Waals surface area contributed by atoms with Crippen molar-refractivity contribution < 1.29 is 28.2 Å². The number of methoxy groups -OCH3 is 2. The average Bonchev–Trinajstić information content (AvgIpc) is 3.48. The Labute approximate surface area is 246 Å². The van der Waals surface area contributed by atoms with Crippen molar-refractivity contribution in [2.45, 2.75) is 18.9 Å². The molecule has 41 heavy (non-hydrogen) atoms. The number of anilines is 1. The summed E-state index contributed by atoms with van der Waals surface area (Å²) < 4.78 is 23.3. The largest absolute Gasteiger partial charge is 0.502 e. The first-order valence-corrected chi connectivity index (χ1v) is 14.0. The normalized spacial score (nSPS) is 14.6. The Hall–Kier alpha value is -4.02. The van der Waals surface area contributed by atoms with Gasteiger partial charge in [-0.05, 0) is 48.5 Å². The van der Waals surface area contributed by atoms with Crippen LogP contribution in [-0.2, 0) is 16.1 Å². The Balaban J connectivity index is 1.36. The van der Waals surface area contributed by atoms with Gasteiger partial charge in [0, 0.05) is 48.0 Å². The molecule has 9 nitrogen and oxygen atoms in total. The molecule has 2 aromatic heterocycles. The number of rotatable bonds is 9. The van der Waals surface area contributed by atoms with Gasteiger partial charge in [-0.2, -0.15) is 0 Å². The highest BCUT2D eigenvalue weighted by Gasteiger charge is 2.30. The topological polar surface area (TPSA) is 106 Å². The minimum absolute atomic E-state index is 0.0218. The average molecular weight is 624 g/mol. The van der Waals surface area contributed by atoms with Gasteiger partial charge in [0.1, 0.15) is 23.0 Å². The number of aromatic hydroxyl groups is 1. The minimum Gasteiger partial charge on any atom is -0.502 e. The lowest BCUT2D eigenvalue weighted by Crippen LogP contribution is -2.46. The van der Waals surface area contributed by atoms with E-state index in [2.05, 4.69) is 25.7 Å². The Kier molecular flexibility index (Phi) is 8.80. The zero-order valence-electron chi connectivity index (χ0n) is 22.8. The molecule has 1 fully saturated rings. The van der Waals surface area contributed by atoms with E-state index in [0.717, 1.165) is 47.7 Å². The minimum atomic E-state index is -0.855. The second-order valence-electron chi connectivity index (χ2n) is 9.79. The first-order valence-electron chi connectivity index (χ1n) is 13.2. The van der Waals surface area contributed by atoms with E-state index in [0.29, 0.717) is 23.8 Å². The standard InChI is InChI=1S/C31H31BrN2O7/c1-38-23-9-7-22(8-10-23)34-15-13-33(14-16-34)19-24-17-26(35)30(37)31(40-24)25(18-29(36)39-2)28-12-11-27(41-28)20-3-5-21(32)6-4-20/h3-12,17,25,37H,13-16,18-19H2,1-2H3. The van der Waals surface area contributed by atoms with Gasteiger partial charge in [-0.1, -0.05) is 28.1 Å². The zero-order chi connectivity index (χ0) is 28.9. The maximum Gasteiger partial charge on any atom is 0.306 e. The molecule has 1 saturated heterocycles. The molecule has 0 spiro atoms. The summed E-state index contributed by atoms with van der Waals surface area (Å²) in [5.41, 5.74) is 1.38. The lowest BCUT2D eigenvalue weighted by atomic mass is 9.98. The van der Waals surface area contributed by atoms with Crippen LogP contribution in [-0.4, -0.2) is 56.4 Å². The van der Waals surface area contributed by atoms with Gasteiger partial charge in [0.05, 0.1) is 33.1 Å². The number of halogens is 1. The number of nitrogens with zero attached hydrogens (tertiary/aromatic N) is 2. The molecule has 5 rings (SSSR count). The Bertz CT molecular complexity index is 1540. The van der Waals surface area contributed by atoms with Crippen LogP contribution in [0.4, 0.5) is 5.69 Å². The number of piperazine rings is 1. The number of benzene rings is 2. The van der Waals surface area contributed by atoms with E-state index >= 15 is 0 Å². The molecular formula is C31H31BrN2O7. The van der Waals surface area contributed by atoms with Gasteiger partial charge < -0.3 is 28.3 Å². The molecule has 3 heterocycles. The molecule has 2 aromatic carbocycles. The molecule has 0 saturated carbocycles. The summed E-state index contributed by atoms with van der Waals surface area (Å²) in [6.45, 7) is 3.50. The zero-order valence-corrected chi connectivity index (χ0v) is 24.4. The molecule has 4 aromatic rings. The molecule has 0 aliphatic carbocycles. The smallest absolute Gasteiger partial charge is 0.306 e. The van der Waals surface area contributed by atoms with E-state index in [-0.39, 0.29) is 12.2 Å². The lowest BCUT2D eigenvalue weighted by molar-refractivity contribution is -0.141. The monoisotopic (exact) mass is 622 g/mol. The molecule has 0 radical (unpaired) electrons. The number of carbonyl (C=O) groups excluding carboxylic acids is 1. The summed E-state index contributed by atoms with van der Waals surface area (Å²) in [4.78, 5) is 29.7. The van der Waals surface area contributed by atoms with Crippen molar-refractivity contribution in [2.75, 3.05) is 45.3 Å². The van der Waals surface area contributed by atoms with Crippen molar-refractivity contribution in [3.05, 3.63) is 98.7 Å². The molecular weight excluding hydrogens is 592 g/mol. The molecule has 0 bridgehead atoms. The summed E-state index contributed by atoms with van der Waals surface area (Å²) in [6, 6.07) is 20.4. The third kappa shape index (κ3) is 6.66. The fourth-order valence-corrected chi connectivity index (χ4v) is 5.19. The molecule has 1 aliphatic rings. The Morgan fingerprint density at radius 1 is 0.976 bits per heavy atom. The molecule has 1 unspecified atom stereocenters. The maximum absolute atomic E-state index is 12.8. The third-order valence-corrected chi connectivity index (χ3v) is 7.73. The predicted octanol–water partition coefficient (Wildman–Crippen LogP) is 5.39. The molecule has 1 atom stereocenters. The summed E-state index contributed by atoms with van der Waals surface area (Å²) in [5, 5.41) is 10.8. The summed E-state index contributed by atoms with van der Waals surface area (Å²) >= 11 is 3.43. The summed E-state index contributed by atoms with van der Waals surface area (Å²) in [7, 11) is 2.93. The fraction of sp³-hybridized carbons (Fsp3) is 0.290. The van der Waals surface area contributed by atoms with E-state index in [1.165, 1.54) is 13.2 Å². The number of ether oxygens (including phenoxy) is 2. The number of hydrogen-bond donors (Lipinski definition) is 1. The van der Waals surface area contributed by atoms with Gasteiger partial charge in [0.2, 0.25) is 11.2 Å². The van der Waals surface area contributed by atoms with Crippen LogP contribution in [0, 0.1) is 0 Å². The van der Waals surface area contributed by atoms with Crippen LogP contribution >= 0.6 is 15.9 Å². The van der Waals surface area contributed by atoms with E-state index in [9.17, 15) is 14.7 Å². The molecule has 1 aliphatic heterocycles. The first kappa shape index (κ1) is 28.5. The van der Waals surface area contributed by atoms with Gasteiger partial charge in [-0.3, -0.25) is 14.5 Å². The second kappa shape index (κ2) is 12.7. The van der Waals surface area contributed by atoms with E-state index in [1.54, 1.807) is 19.2 Å². The molecule has 10 heteroatoms. The molecule has 1 N–H and O–H groups in total. The van der Waals surface area contributed by atoms with Crippen LogP contribution in [0.25, 0.3) is 11.3 Å². The van der Waals surface area contributed by atoms with Crippen LogP contribution in [0.1, 0.15) is 29.6 Å². The number of hydrogen-bond acceptors (Lipinski definition) is 9. The van der Waals surface area contributed by atoms with E-state index in [4.69, 9.17) is 18.3 Å². The van der Waals surface area contributed by atoms with Crippen LogP contribution in [0.5, 0.6) is 11.5 Å². The van der Waals surface area contributed by atoms with Crippen LogP contribution in [0.2, 0.25) is 0 Å². The molecule has 214 valence electrons. The van der Waals surface area contributed by atoms with Crippen molar-refractivity contribution in [2.24, 2.45) is 0 Å². The van der Waals surface area contributed by atoms with Crippen molar-refractivity contribution in [1.82, 2.24) is 4.90 Å².